The third-order valence-electron chi connectivity index (χ3n) is 4.77. The van der Waals surface area contributed by atoms with E-state index in [1.807, 2.05) is 37.3 Å². The molecule has 0 spiro atoms. The van der Waals surface area contributed by atoms with E-state index in [0.29, 0.717) is 11.3 Å². The maximum atomic E-state index is 12.8. The molecule has 0 unspecified atom stereocenters. The number of nitrogens with one attached hydrogen (secondary N) is 1. The third kappa shape index (κ3) is 4.67. The summed E-state index contributed by atoms with van der Waals surface area (Å²) in [7, 11) is -0.450. The van der Waals surface area contributed by atoms with Crippen LogP contribution in [0, 0.1) is 0 Å². The Labute approximate surface area is 170 Å². The van der Waals surface area contributed by atoms with Crippen molar-refractivity contribution < 1.29 is 22.4 Å². The summed E-state index contributed by atoms with van der Waals surface area (Å²) in [5.41, 5.74) is 1.16. The summed E-state index contributed by atoms with van der Waals surface area (Å²) in [6.45, 7) is 2.34. The van der Waals surface area contributed by atoms with Crippen molar-refractivity contribution in [1.29, 1.82) is 0 Å². The minimum absolute atomic E-state index is 0.0955. The van der Waals surface area contributed by atoms with E-state index < -0.39 is 10.0 Å². The Kier molecular flexibility index (Phi) is 6.36. The van der Waals surface area contributed by atoms with Crippen molar-refractivity contribution in [2.24, 2.45) is 0 Å². The smallest absolute Gasteiger partial charge is 0.254 e. The Morgan fingerprint density at radius 1 is 1.17 bits per heavy atom. The average Bonchev–Trinajstić information content (AvgIpc) is 3.16. The van der Waals surface area contributed by atoms with Crippen molar-refractivity contribution in [3.63, 3.8) is 0 Å². The zero-order chi connectivity index (χ0) is 21.0. The van der Waals surface area contributed by atoms with Gasteiger partial charge in [-0.1, -0.05) is 18.2 Å². The number of furan rings is 1. The molecule has 3 rings (SSSR count). The first-order valence-electron chi connectivity index (χ1n) is 9.18. The van der Waals surface area contributed by atoms with Gasteiger partial charge in [0.05, 0.1) is 17.5 Å². The number of carbonyl (C=O) groups excluding carboxylic acids is 1. The number of hydrogen-bond acceptors (Lipinski definition) is 5. The Morgan fingerprint density at radius 2 is 1.86 bits per heavy atom. The first-order valence-corrected chi connectivity index (χ1v) is 10.7. The molecule has 0 fully saturated rings. The zero-order valence-corrected chi connectivity index (χ0v) is 17.4. The van der Waals surface area contributed by atoms with Crippen molar-refractivity contribution in [3.8, 4) is 0 Å². The molecule has 1 atom stereocenters. The monoisotopic (exact) mass is 416 g/mol. The maximum absolute atomic E-state index is 12.8. The molecule has 0 aliphatic carbocycles. The van der Waals surface area contributed by atoms with Crippen molar-refractivity contribution in [2.45, 2.75) is 17.9 Å². The van der Waals surface area contributed by atoms with Crippen LogP contribution in [0.3, 0.4) is 0 Å². The number of methoxy groups -OCH3 is 1. The second kappa shape index (κ2) is 8.77. The standard InChI is InChI=1S/C21H24N2O5S/c1-15(20-14-17-6-4-5-7-19(17)28-20)23(2)21(24)16-8-10-18(11-9-16)29(25,26)22-12-13-27-3/h4-11,14-15,22H,12-13H2,1-3H3/t15-/m0/s1. The lowest BCUT2D eigenvalue weighted by atomic mass is 10.1. The number of sulfonamides is 1. The molecule has 0 aliphatic rings. The molecule has 1 amide bonds. The highest BCUT2D eigenvalue weighted by atomic mass is 32.2. The predicted molar refractivity (Wildman–Crippen MR) is 110 cm³/mol. The predicted octanol–water partition coefficient (Wildman–Crippen LogP) is 3.19. The molecule has 0 saturated heterocycles. The molecule has 0 aliphatic heterocycles. The van der Waals surface area contributed by atoms with Crippen LogP contribution in [0.1, 0.15) is 29.1 Å². The fourth-order valence-electron chi connectivity index (χ4n) is 2.92. The second-order valence-electron chi connectivity index (χ2n) is 6.69. The molecule has 1 N–H and O–H groups in total. The van der Waals surface area contributed by atoms with Gasteiger partial charge in [0.1, 0.15) is 11.3 Å². The molecule has 0 saturated carbocycles. The quantitative estimate of drug-likeness (QED) is 0.570. The summed E-state index contributed by atoms with van der Waals surface area (Å²) in [6, 6.07) is 15.2. The van der Waals surface area contributed by atoms with Gasteiger partial charge in [-0.3, -0.25) is 4.79 Å². The molecule has 2 aromatic carbocycles. The van der Waals surface area contributed by atoms with Gasteiger partial charge in [0.2, 0.25) is 10.0 Å². The third-order valence-corrected chi connectivity index (χ3v) is 6.24. The lowest BCUT2D eigenvalue weighted by Gasteiger charge is -2.23. The van der Waals surface area contributed by atoms with Gasteiger partial charge in [0.25, 0.3) is 5.91 Å². The highest BCUT2D eigenvalue weighted by Crippen LogP contribution is 2.27. The van der Waals surface area contributed by atoms with Crippen LogP contribution in [0.25, 0.3) is 11.0 Å². The van der Waals surface area contributed by atoms with E-state index in [4.69, 9.17) is 9.15 Å². The summed E-state index contributed by atoms with van der Waals surface area (Å²) in [5.74, 6) is 0.456. The molecule has 7 nitrogen and oxygen atoms in total. The SMILES string of the molecule is COCCNS(=O)(=O)c1ccc(C(=O)N(C)[C@@H](C)c2cc3ccccc3o2)cc1. The van der Waals surface area contributed by atoms with E-state index in [0.717, 1.165) is 11.0 Å². The van der Waals surface area contributed by atoms with Crippen LogP contribution in [0.15, 0.2) is 63.9 Å². The van der Waals surface area contributed by atoms with Gasteiger partial charge in [0, 0.05) is 31.7 Å². The number of amides is 1. The Hall–Kier alpha value is -2.68. The van der Waals surface area contributed by atoms with Gasteiger partial charge in [-0.05, 0) is 43.3 Å². The minimum atomic E-state index is -3.64. The van der Waals surface area contributed by atoms with Crippen LogP contribution in [0.5, 0.6) is 0 Å². The normalized spacial score (nSPS) is 12.8. The lowest BCUT2D eigenvalue weighted by molar-refractivity contribution is 0.0727. The molecule has 0 bridgehead atoms. The molecule has 29 heavy (non-hydrogen) atoms. The molecular formula is C21H24N2O5S. The van der Waals surface area contributed by atoms with Gasteiger partial charge in [-0.2, -0.15) is 0 Å². The van der Waals surface area contributed by atoms with Crippen molar-refractivity contribution in [1.82, 2.24) is 9.62 Å². The number of ether oxygens (including phenoxy) is 1. The average molecular weight is 416 g/mol. The van der Waals surface area contributed by atoms with E-state index in [1.54, 1.807) is 11.9 Å². The molecule has 8 heteroatoms. The van der Waals surface area contributed by atoms with E-state index in [9.17, 15) is 13.2 Å². The minimum Gasteiger partial charge on any atom is -0.459 e. The number of nitrogens with zero attached hydrogens (tertiary/aromatic N) is 1. The fraction of sp³-hybridized carbons (Fsp3) is 0.286. The van der Waals surface area contributed by atoms with Gasteiger partial charge < -0.3 is 14.1 Å². The van der Waals surface area contributed by atoms with Crippen LogP contribution < -0.4 is 4.72 Å². The van der Waals surface area contributed by atoms with Crippen LogP contribution >= 0.6 is 0 Å². The first-order chi connectivity index (χ1) is 13.8. The molecular weight excluding hydrogens is 392 g/mol. The van der Waals surface area contributed by atoms with Crippen molar-refractivity contribution in [2.75, 3.05) is 27.3 Å². The zero-order valence-electron chi connectivity index (χ0n) is 16.6. The number of carbonyl (C=O) groups is 1. The summed E-state index contributed by atoms with van der Waals surface area (Å²) >= 11 is 0. The van der Waals surface area contributed by atoms with E-state index in [2.05, 4.69) is 4.72 Å². The highest BCUT2D eigenvalue weighted by molar-refractivity contribution is 7.89. The highest BCUT2D eigenvalue weighted by Gasteiger charge is 2.22. The summed E-state index contributed by atoms with van der Waals surface area (Å²) in [6.07, 6.45) is 0. The molecule has 0 radical (unpaired) electrons. The Balaban J connectivity index is 1.73. The topological polar surface area (TPSA) is 88.8 Å². The van der Waals surface area contributed by atoms with Gasteiger partial charge >= 0.3 is 0 Å². The van der Waals surface area contributed by atoms with E-state index in [1.165, 1.54) is 31.4 Å². The van der Waals surface area contributed by atoms with Crippen LogP contribution in [0.2, 0.25) is 0 Å². The fourth-order valence-corrected chi connectivity index (χ4v) is 3.93. The first kappa shape index (κ1) is 21.0. The molecule has 3 aromatic rings. The number of fused-ring (bicyclic) bond motifs is 1. The van der Waals surface area contributed by atoms with Crippen molar-refractivity contribution >= 4 is 26.9 Å². The van der Waals surface area contributed by atoms with Gasteiger partial charge in [0.15, 0.2) is 0 Å². The largest absolute Gasteiger partial charge is 0.459 e. The van der Waals surface area contributed by atoms with Gasteiger partial charge in [-0.25, -0.2) is 13.1 Å². The van der Waals surface area contributed by atoms with Crippen LogP contribution in [-0.4, -0.2) is 46.5 Å². The number of hydrogen-bond donors (Lipinski definition) is 1. The number of rotatable bonds is 8. The van der Waals surface area contributed by atoms with Crippen LogP contribution in [-0.2, 0) is 14.8 Å². The molecule has 154 valence electrons. The summed E-state index contributed by atoms with van der Waals surface area (Å²) in [5, 5.41) is 0.978. The second-order valence-corrected chi connectivity index (χ2v) is 8.46. The molecule has 1 aromatic heterocycles. The lowest BCUT2D eigenvalue weighted by Crippen LogP contribution is -2.30. The van der Waals surface area contributed by atoms with Gasteiger partial charge in [-0.15, -0.1) is 0 Å². The maximum Gasteiger partial charge on any atom is 0.254 e. The Bertz CT molecular complexity index is 1060. The number of para-hydroxylation sites is 1. The van der Waals surface area contributed by atoms with Crippen molar-refractivity contribution in [3.05, 3.63) is 65.9 Å². The van der Waals surface area contributed by atoms with Crippen LogP contribution in [0.4, 0.5) is 0 Å². The van der Waals surface area contributed by atoms with E-state index >= 15 is 0 Å². The Morgan fingerprint density at radius 3 is 2.52 bits per heavy atom. The van der Waals surface area contributed by atoms with E-state index in [-0.39, 0.29) is 30.0 Å². The molecule has 1 heterocycles. The number of benzene rings is 2. The summed E-state index contributed by atoms with van der Waals surface area (Å²) in [4.78, 5) is 14.5. The summed E-state index contributed by atoms with van der Waals surface area (Å²) < 4.78 is 37.6.